The molecule has 0 aromatic heterocycles. The van der Waals surface area contributed by atoms with E-state index in [0.717, 1.165) is 17.6 Å². The summed E-state index contributed by atoms with van der Waals surface area (Å²) in [4.78, 5) is 47.1. The number of nitrogens with one attached hydrogen (secondary N) is 2. The van der Waals surface area contributed by atoms with E-state index in [1.807, 2.05) is 32.1 Å². The van der Waals surface area contributed by atoms with E-state index in [9.17, 15) is 24.3 Å². The van der Waals surface area contributed by atoms with Crippen LogP contribution in [0, 0.1) is 5.92 Å². The quantitative estimate of drug-likeness (QED) is 0.0340. The molecule has 0 unspecified atom stereocenters. The van der Waals surface area contributed by atoms with Crippen molar-refractivity contribution in [1.82, 2.24) is 10.7 Å². The molecule has 0 bridgehead atoms. The third kappa shape index (κ3) is 13.2. The second-order valence-electron chi connectivity index (χ2n) is 14.5. The van der Waals surface area contributed by atoms with Gasteiger partial charge in [0.15, 0.2) is 0 Å². The lowest BCUT2D eigenvalue weighted by molar-refractivity contribution is -0.145. The maximum Gasteiger partial charge on any atom is 0.303 e. The summed E-state index contributed by atoms with van der Waals surface area (Å²) in [7, 11) is 0. The number of benzene rings is 1. The Bertz CT molecular complexity index is 1580. The molecular formula is C40H55N3O11. The predicted octanol–water partition coefficient (Wildman–Crippen LogP) is 4.15. The summed E-state index contributed by atoms with van der Waals surface area (Å²) in [6.45, 7) is 11.5. The van der Waals surface area contributed by atoms with E-state index in [4.69, 9.17) is 28.8 Å². The van der Waals surface area contributed by atoms with Crippen molar-refractivity contribution < 1.29 is 53.1 Å². The van der Waals surface area contributed by atoms with Gasteiger partial charge in [-0.25, -0.2) is 5.43 Å². The summed E-state index contributed by atoms with van der Waals surface area (Å²) < 4.78 is 28.8. The molecule has 1 aromatic rings. The average Bonchev–Trinajstić information content (AvgIpc) is 3.89. The zero-order chi connectivity index (χ0) is 39.4. The van der Waals surface area contributed by atoms with E-state index in [-0.39, 0.29) is 48.8 Å². The fourth-order valence-electron chi connectivity index (χ4n) is 6.56. The van der Waals surface area contributed by atoms with Crippen LogP contribution in [0.3, 0.4) is 0 Å². The highest BCUT2D eigenvalue weighted by atomic mass is 16.6. The SMILES string of the molecule is CC(=O)O[C@@H](C)/C=C\C(=O)N[C@@H]1C[C@H](C)[C@H](C/C=C(C)/C=C/[C@H]2O[C@H](CC(=O)N/N=C(\C)c3ccc(OCCCC(=O)O)cc3)C[C@@]3(CO3)[C@@H]2O)O[C@@H]1C. The summed E-state index contributed by atoms with van der Waals surface area (Å²) in [5, 5.41) is 27.0. The van der Waals surface area contributed by atoms with Crippen LogP contribution in [0.5, 0.6) is 5.75 Å². The van der Waals surface area contributed by atoms with Gasteiger partial charge >= 0.3 is 11.9 Å². The maximum absolute atomic E-state index is 12.9. The normalized spacial score (nSPS) is 29.2. The lowest BCUT2D eigenvalue weighted by Crippen LogP contribution is -2.50. The minimum absolute atomic E-state index is 0.0388. The molecule has 3 aliphatic heterocycles. The maximum atomic E-state index is 12.9. The van der Waals surface area contributed by atoms with Gasteiger partial charge < -0.3 is 39.2 Å². The van der Waals surface area contributed by atoms with Crippen molar-refractivity contribution in [2.45, 2.75) is 128 Å². The van der Waals surface area contributed by atoms with Crippen molar-refractivity contribution in [2.24, 2.45) is 11.0 Å². The van der Waals surface area contributed by atoms with E-state index < -0.39 is 42.0 Å². The van der Waals surface area contributed by atoms with Crippen LogP contribution in [0.2, 0.25) is 0 Å². The van der Waals surface area contributed by atoms with Gasteiger partial charge in [-0.2, -0.15) is 5.10 Å². The van der Waals surface area contributed by atoms with Gasteiger partial charge in [-0.05, 0) is 88.8 Å². The lowest BCUT2D eigenvalue weighted by Gasteiger charge is -2.39. The van der Waals surface area contributed by atoms with E-state index in [1.54, 1.807) is 38.1 Å². The Kier molecular flexibility index (Phi) is 15.5. The number of carbonyl (C=O) groups is 4. The molecule has 0 saturated carbocycles. The first kappa shape index (κ1) is 42.4. The number of amides is 2. The van der Waals surface area contributed by atoms with E-state index in [0.29, 0.717) is 43.9 Å². The zero-order valence-corrected chi connectivity index (χ0v) is 32.0. The Labute approximate surface area is 317 Å². The number of ether oxygens (including phenoxy) is 5. The van der Waals surface area contributed by atoms with Gasteiger partial charge in [0, 0.05) is 25.8 Å². The van der Waals surface area contributed by atoms with Crippen LogP contribution in [-0.4, -0.2) is 101 Å². The molecule has 14 nitrogen and oxygen atoms in total. The van der Waals surface area contributed by atoms with Gasteiger partial charge in [-0.3, -0.25) is 19.2 Å². The summed E-state index contributed by atoms with van der Waals surface area (Å²) in [6, 6.07) is 6.99. The molecule has 3 heterocycles. The topological polar surface area (TPSA) is 195 Å². The Balaban J connectivity index is 1.24. The van der Waals surface area contributed by atoms with Crippen LogP contribution in [0.25, 0.3) is 0 Å². The first-order valence-electron chi connectivity index (χ1n) is 18.6. The van der Waals surface area contributed by atoms with Crippen molar-refractivity contribution in [3.05, 3.63) is 65.8 Å². The number of carbonyl (C=O) groups excluding carboxylic acids is 3. The van der Waals surface area contributed by atoms with E-state index in [1.165, 1.54) is 13.0 Å². The van der Waals surface area contributed by atoms with Gasteiger partial charge in [-0.15, -0.1) is 0 Å². The highest BCUT2D eigenvalue weighted by Gasteiger charge is 2.58. The molecule has 3 saturated heterocycles. The number of carboxylic acid groups (broad SMARTS) is 1. The number of hydrazone groups is 1. The first-order chi connectivity index (χ1) is 25.6. The second-order valence-corrected chi connectivity index (χ2v) is 14.5. The molecule has 4 N–H and O–H groups in total. The van der Waals surface area contributed by atoms with Crippen molar-refractivity contribution in [3.8, 4) is 5.75 Å². The number of nitrogens with zero attached hydrogens (tertiary/aromatic N) is 1. The number of hydrogen-bond donors (Lipinski definition) is 4. The van der Waals surface area contributed by atoms with Crippen LogP contribution in [0.1, 0.15) is 85.6 Å². The van der Waals surface area contributed by atoms with Gasteiger partial charge in [-0.1, -0.05) is 30.7 Å². The van der Waals surface area contributed by atoms with Crippen LogP contribution < -0.4 is 15.5 Å². The number of allylic oxidation sites excluding steroid dienone is 2. The van der Waals surface area contributed by atoms with E-state index in [2.05, 4.69) is 28.8 Å². The van der Waals surface area contributed by atoms with Crippen LogP contribution in [-0.2, 0) is 38.1 Å². The Morgan fingerprint density at radius 3 is 2.48 bits per heavy atom. The summed E-state index contributed by atoms with van der Waals surface area (Å²) in [5.41, 5.74) is 4.21. The van der Waals surface area contributed by atoms with Crippen molar-refractivity contribution in [3.63, 3.8) is 0 Å². The second kappa shape index (κ2) is 19.8. The molecule has 0 radical (unpaired) electrons. The zero-order valence-electron chi connectivity index (χ0n) is 32.0. The number of rotatable bonds is 17. The summed E-state index contributed by atoms with van der Waals surface area (Å²) in [6.07, 6.45) is 8.24. The minimum atomic E-state index is -0.875. The molecule has 1 spiro atoms. The molecular weight excluding hydrogens is 698 g/mol. The lowest BCUT2D eigenvalue weighted by atomic mass is 9.87. The monoisotopic (exact) mass is 753 g/mol. The first-order valence-corrected chi connectivity index (χ1v) is 18.6. The third-order valence-electron chi connectivity index (χ3n) is 9.76. The molecule has 3 aliphatic rings. The van der Waals surface area contributed by atoms with Gasteiger partial charge in [0.05, 0.1) is 49.7 Å². The third-order valence-corrected chi connectivity index (χ3v) is 9.76. The molecule has 4 rings (SSSR count). The van der Waals surface area contributed by atoms with Crippen molar-refractivity contribution in [1.29, 1.82) is 0 Å². The number of carboxylic acids is 1. The van der Waals surface area contributed by atoms with E-state index >= 15 is 0 Å². The van der Waals surface area contributed by atoms with Crippen molar-refractivity contribution in [2.75, 3.05) is 13.2 Å². The number of aliphatic hydroxyl groups is 1. The molecule has 2 amide bonds. The summed E-state index contributed by atoms with van der Waals surface area (Å²) >= 11 is 0. The van der Waals surface area contributed by atoms with Crippen LogP contribution in [0.15, 0.2) is 65.3 Å². The minimum Gasteiger partial charge on any atom is -0.494 e. The Morgan fingerprint density at radius 2 is 1.81 bits per heavy atom. The highest BCUT2D eigenvalue weighted by molar-refractivity contribution is 5.99. The average molecular weight is 754 g/mol. The number of esters is 1. The number of hydrogen-bond acceptors (Lipinski definition) is 11. The highest BCUT2D eigenvalue weighted by Crippen LogP contribution is 2.43. The number of aliphatic carboxylic acids is 1. The number of epoxide rings is 1. The summed E-state index contributed by atoms with van der Waals surface area (Å²) in [5.74, 6) is -1.07. The molecule has 14 heteroatoms. The number of aliphatic hydroxyl groups excluding tert-OH is 1. The molecule has 9 atom stereocenters. The fourth-order valence-corrected chi connectivity index (χ4v) is 6.56. The smallest absolute Gasteiger partial charge is 0.303 e. The standard InChI is InChI=1S/C40H55N3O11/c1-24(9-16-34-25(2)20-33(28(5)53-34)41-36(45)18-11-26(3)52-29(6)44)10-17-35-39(49)40(23-51-40)22-32(54-35)21-37(46)43-42-27(4)30-12-14-31(15-13-30)50-19-7-8-38(47)48/h9-15,17-18,25-26,28,32-35,39,49H,7-8,16,19-23H2,1-6H3,(H,41,45)(H,43,46)(H,47,48)/b17-10+,18-11-,24-9+,42-27+/t25-,26-,28+,32+,33+,34-,35+,39+,40+/m0/s1. The van der Waals surface area contributed by atoms with Crippen LogP contribution in [0.4, 0.5) is 0 Å². The van der Waals surface area contributed by atoms with Crippen LogP contribution >= 0.6 is 0 Å². The Hall–Kier alpha value is -4.37. The van der Waals surface area contributed by atoms with Crippen molar-refractivity contribution >= 4 is 29.5 Å². The largest absolute Gasteiger partial charge is 0.494 e. The Morgan fingerprint density at radius 1 is 1.09 bits per heavy atom. The molecule has 54 heavy (non-hydrogen) atoms. The van der Waals surface area contributed by atoms with Gasteiger partial charge in [0.2, 0.25) is 11.8 Å². The molecule has 1 aromatic carbocycles. The van der Waals surface area contributed by atoms with Gasteiger partial charge in [0.1, 0.15) is 29.7 Å². The predicted molar refractivity (Wildman–Crippen MR) is 200 cm³/mol. The molecule has 3 fully saturated rings. The van der Waals surface area contributed by atoms with Gasteiger partial charge in [0.25, 0.3) is 0 Å². The molecule has 0 aliphatic carbocycles. The fraction of sp³-hybridized carbons (Fsp3) is 0.575. The molecule has 296 valence electrons.